The van der Waals surface area contributed by atoms with E-state index >= 15 is 0 Å². The van der Waals surface area contributed by atoms with Gasteiger partial charge >= 0.3 is 12.0 Å². The van der Waals surface area contributed by atoms with Gasteiger partial charge < -0.3 is 25.8 Å². The molecule has 0 saturated carbocycles. The summed E-state index contributed by atoms with van der Waals surface area (Å²) in [5.74, 6) is -1.40. The van der Waals surface area contributed by atoms with Gasteiger partial charge in [-0.1, -0.05) is 32.1 Å². The third kappa shape index (κ3) is 9.28. The number of carbonyl (C=O) groups excluding carboxylic acids is 2. The van der Waals surface area contributed by atoms with Gasteiger partial charge in [-0.25, -0.2) is 4.79 Å². The van der Waals surface area contributed by atoms with E-state index in [9.17, 15) is 14.4 Å². The van der Waals surface area contributed by atoms with Crippen LogP contribution in [0.1, 0.15) is 58.8 Å². The van der Waals surface area contributed by atoms with Gasteiger partial charge in [-0.3, -0.25) is 9.59 Å². The molecule has 3 amide bonds. The molecule has 25 heavy (non-hydrogen) atoms. The summed E-state index contributed by atoms with van der Waals surface area (Å²) in [6.07, 6.45) is 6.75. The van der Waals surface area contributed by atoms with E-state index in [2.05, 4.69) is 16.0 Å². The second-order valence-corrected chi connectivity index (χ2v) is 6.62. The molecule has 0 spiro atoms. The summed E-state index contributed by atoms with van der Waals surface area (Å²) in [7, 11) is 0. The number of carbonyl (C=O) groups is 3. The summed E-state index contributed by atoms with van der Waals surface area (Å²) in [5.41, 5.74) is 0. The fourth-order valence-corrected chi connectivity index (χ4v) is 2.63. The quantitative estimate of drug-likeness (QED) is 0.609. The van der Waals surface area contributed by atoms with Gasteiger partial charge in [0.25, 0.3) is 0 Å². The van der Waals surface area contributed by atoms with Crippen LogP contribution in [0.2, 0.25) is 0 Å². The molecule has 4 N–H and O–H groups in total. The Morgan fingerprint density at radius 2 is 1.84 bits per heavy atom. The van der Waals surface area contributed by atoms with Gasteiger partial charge in [-0.05, 0) is 26.7 Å². The molecule has 3 atom stereocenters. The Morgan fingerprint density at radius 1 is 1.20 bits per heavy atom. The van der Waals surface area contributed by atoms with Crippen LogP contribution in [0.15, 0.2) is 0 Å². The normalized spacial score (nSPS) is 25.1. The van der Waals surface area contributed by atoms with Crippen molar-refractivity contribution in [3.05, 3.63) is 0 Å². The number of aliphatic carboxylic acids is 1. The average Bonchev–Trinajstić information content (AvgIpc) is 2.54. The molecule has 0 aromatic heterocycles. The molecule has 0 bridgehead atoms. The Hall–Kier alpha value is -1.83. The smallest absolute Gasteiger partial charge is 0.325 e. The second kappa shape index (κ2) is 11.7. The van der Waals surface area contributed by atoms with E-state index in [1.807, 2.05) is 6.92 Å². The van der Waals surface area contributed by atoms with Crippen molar-refractivity contribution in [2.75, 3.05) is 13.2 Å². The number of rotatable bonds is 3. The fraction of sp³-hybridized carbons (Fsp3) is 0.824. The van der Waals surface area contributed by atoms with Gasteiger partial charge in [0.2, 0.25) is 5.91 Å². The minimum atomic E-state index is -1.13. The van der Waals surface area contributed by atoms with Gasteiger partial charge in [0.15, 0.2) is 0 Å². The molecular weight excluding hydrogens is 326 g/mol. The number of nitrogens with one attached hydrogen (secondary N) is 3. The van der Waals surface area contributed by atoms with Crippen molar-refractivity contribution in [2.45, 2.75) is 76.9 Å². The van der Waals surface area contributed by atoms with Crippen LogP contribution < -0.4 is 16.0 Å². The zero-order chi connectivity index (χ0) is 18.7. The first-order valence-electron chi connectivity index (χ1n) is 9.08. The average molecular weight is 357 g/mol. The Morgan fingerprint density at radius 3 is 2.52 bits per heavy atom. The highest BCUT2D eigenvalue weighted by Gasteiger charge is 2.23. The highest BCUT2D eigenvalue weighted by Crippen LogP contribution is 2.10. The van der Waals surface area contributed by atoms with Crippen molar-refractivity contribution in [3.63, 3.8) is 0 Å². The van der Waals surface area contributed by atoms with Crippen molar-refractivity contribution in [1.82, 2.24) is 16.0 Å². The Kier molecular flexibility index (Phi) is 9.91. The molecule has 8 heteroatoms. The predicted molar refractivity (Wildman–Crippen MR) is 93.3 cm³/mol. The predicted octanol–water partition coefficient (Wildman–Crippen LogP) is 1.39. The molecule has 0 aliphatic carbocycles. The molecule has 1 saturated heterocycles. The van der Waals surface area contributed by atoms with Crippen LogP contribution >= 0.6 is 0 Å². The lowest BCUT2D eigenvalue weighted by Crippen LogP contribution is -2.54. The number of hydrogen-bond acceptors (Lipinski definition) is 4. The highest BCUT2D eigenvalue weighted by molar-refractivity contribution is 5.88. The van der Waals surface area contributed by atoms with Crippen LogP contribution in [0.5, 0.6) is 0 Å². The molecule has 1 unspecified atom stereocenters. The highest BCUT2D eigenvalue weighted by atomic mass is 16.5. The molecule has 1 heterocycles. The van der Waals surface area contributed by atoms with Crippen molar-refractivity contribution in [1.29, 1.82) is 0 Å². The first-order chi connectivity index (χ1) is 11.9. The van der Waals surface area contributed by atoms with Crippen LogP contribution in [0.25, 0.3) is 0 Å². The molecule has 0 aromatic carbocycles. The minimum Gasteiger partial charge on any atom is -0.480 e. The Labute approximate surface area is 149 Å². The topological polar surface area (TPSA) is 117 Å². The lowest BCUT2D eigenvalue weighted by atomic mass is 10.0. The van der Waals surface area contributed by atoms with Crippen LogP contribution in [0.3, 0.4) is 0 Å². The number of carboxylic acid groups (broad SMARTS) is 1. The Balaban J connectivity index is 2.61. The van der Waals surface area contributed by atoms with Crippen LogP contribution in [0.4, 0.5) is 4.79 Å². The van der Waals surface area contributed by atoms with E-state index in [0.29, 0.717) is 19.6 Å². The molecular formula is C17H31N3O5. The monoisotopic (exact) mass is 357 g/mol. The van der Waals surface area contributed by atoms with E-state index in [0.717, 1.165) is 38.5 Å². The zero-order valence-corrected chi connectivity index (χ0v) is 15.2. The number of urea groups is 1. The largest absolute Gasteiger partial charge is 0.480 e. The lowest BCUT2D eigenvalue weighted by Gasteiger charge is -2.22. The molecule has 1 rings (SSSR count). The van der Waals surface area contributed by atoms with Gasteiger partial charge in [-0.15, -0.1) is 0 Å². The van der Waals surface area contributed by atoms with E-state index in [1.165, 1.54) is 6.92 Å². The summed E-state index contributed by atoms with van der Waals surface area (Å²) in [6, 6.07) is -2.51. The lowest BCUT2D eigenvalue weighted by molar-refractivity contribution is -0.138. The minimum absolute atomic E-state index is 0.152. The maximum atomic E-state index is 12.4. The van der Waals surface area contributed by atoms with E-state index in [1.54, 1.807) is 0 Å². The van der Waals surface area contributed by atoms with Gasteiger partial charge in [0.05, 0.1) is 6.61 Å². The molecule has 0 aromatic rings. The van der Waals surface area contributed by atoms with Crippen molar-refractivity contribution in [2.24, 2.45) is 0 Å². The number of hydrogen-bond donors (Lipinski definition) is 4. The molecule has 0 radical (unpaired) electrons. The second-order valence-electron chi connectivity index (χ2n) is 6.62. The van der Waals surface area contributed by atoms with Crippen LogP contribution in [-0.4, -0.2) is 54.4 Å². The molecule has 144 valence electrons. The molecule has 1 fully saturated rings. The van der Waals surface area contributed by atoms with Gasteiger partial charge in [0, 0.05) is 12.6 Å². The van der Waals surface area contributed by atoms with Crippen molar-refractivity contribution < 1.29 is 24.2 Å². The molecule has 1 aliphatic heterocycles. The van der Waals surface area contributed by atoms with E-state index in [-0.39, 0.29) is 11.9 Å². The van der Waals surface area contributed by atoms with E-state index < -0.39 is 24.1 Å². The standard InChI is InChI=1S/C17H31N3O5/c1-12-11-25-10-8-6-4-3-5-7-9-14(15(21)18-12)20-17(24)19-13(2)16(22)23/h12-14H,3-11H2,1-2H3,(H,18,21)(H,22,23)(H2,19,20,24)/t12-,13?,14+/m0/s1. The number of amides is 3. The maximum absolute atomic E-state index is 12.4. The number of ether oxygens (including phenoxy) is 1. The summed E-state index contributed by atoms with van der Waals surface area (Å²) in [4.78, 5) is 35.2. The maximum Gasteiger partial charge on any atom is 0.325 e. The summed E-state index contributed by atoms with van der Waals surface area (Å²) in [6.45, 7) is 4.35. The summed E-state index contributed by atoms with van der Waals surface area (Å²) >= 11 is 0. The number of carboxylic acids is 1. The third-order valence-electron chi connectivity index (χ3n) is 4.13. The third-order valence-corrected chi connectivity index (χ3v) is 4.13. The molecule has 1 aliphatic rings. The first kappa shape index (κ1) is 21.2. The van der Waals surface area contributed by atoms with E-state index in [4.69, 9.17) is 9.84 Å². The fourth-order valence-electron chi connectivity index (χ4n) is 2.63. The Bertz CT molecular complexity index is 444. The zero-order valence-electron chi connectivity index (χ0n) is 15.2. The first-order valence-corrected chi connectivity index (χ1v) is 9.08. The van der Waals surface area contributed by atoms with Gasteiger partial charge in [0.1, 0.15) is 12.1 Å². The SMILES string of the molecule is CC(NC(=O)N[C@@H]1CCCCCCCCOC[C@H](C)NC1=O)C(=O)O. The van der Waals surface area contributed by atoms with Crippen LogP contribution in [-0.2, 0) is 14.3 Å². The summed E-state index contributed by atoms with van der Waals surface area (Å²) in [5, 5.41) is 16.6. The van der Waals surface area contributed by atoms with Crippen molar-refractivity contribution in [3.8, 4) is 0 Å². The van der Waals surface area contributed by atoms with Gasteiger partial charge in [-0.2, -0.15) is 0 Å². The van der Waals surface area contributed by atoms with Crippen molar-refractivity contribution >= 4 is 17.9 Å². The van der Waals surface area contributed by atoms with Crippen LogP contribution in [0, 0.1) is 0 Å². The summed E-state index contributed by atoms with van der Waals surface area (Å²) < 4.78 is 5.55. The molecule has 8 nitrogen and oxygen atoms in total.